The fourth-order valence-corrected chi connectivity index (χ4v) is 1.90. The highest BCUT2D eigenvalue weighted by atomic mass is 16.6. The van der Waals surface area contributed by atoms with Gasteiger partial charge in [0.25, 0.3) is 0 Å². The van der Waals surface area contributed by atoms with E-state index in [1.807, 2.05) is 30.3 Å². The number of carbonyl (C=O) groups excluding carboxylic acids is 3. The summed E-state index contributed by atoms with van der Waals surface area (Å²) in [6.07, 6.45) is -0.659. The molecule has 5 heteroatoms. The molecule has 5 nitrogen and oxygen atoms in total. The van der Waals surface area contributed by atoms with Gasteiger partial charge in [-0.25, -0.2) is 4.79 Å². The molecule has 2 rings (SSSR count). The summed E-state index contributed by atoms with van der Waals surface area (Å²) in [4.78, 5) is 36.2. The number of ketones is 2. The van der Waals surface area contributed by atoms with Crippen LogP contribution < -0.4 is 0 Å². The van der Waals surface area contributed by atoms with Crippen molar-refractivity contribution in [3.8, 4) is 0 Å². The van der Waals surface area contributed by atoms with E-state index >= 15 is 0 Å². The molecule has 1 heterocycles. The molecule has 0 N–H and O–H groups in total. The van der Waals surface area contributed by atoms with Crippen LogP contribution in [0.1, 0.15) is 12.5 Å². The van der Waals surface area contributed by atoms with Crippen molar-refractivity contribution in [1.29, 1.82) is 0 Å². The van der Waals surface area contributed by atoms with E-state index in [-0.39, 0.29) is 24.5 Å². The first kappa shape index (κ1) is 14.0. The Balaban J connectivity index is 1.94. The minimum Gasteiger partial charge on any atom is -0.445 e. The molecule has 1 saturated heterocycles. The second kappa shape index (κ2) is 5.69. The molecule has 20 heavy (non-hydrogen) atoms. The van der Waals surface area contributed by atoms with Crippen molar-refractivity contribution < 1.29 is 19.1 Å². The molecule has 1 aromatic carbocycles. The first-order valence-corrected chi connectivity index (χ1v) is 6.20. The lowest BCUT2D eigenvalue weighted by Crippen LogP contribution is -2.63. The van der Waals surface area contributed by atoms with Crippen LogP contribution in [0.25, 0.3) is 0 Å². The summed E-state index contributed by atoms with van der Waals surface area (Å²) in [7, 11) is 0. The average Bonchev–Trinajstić information content (AvgIpc) is 2.43. The van der Waals surface area contributed by atoms with Crippen molar-refractivity contribution in [1.82, 2.24) is 4.90 Å². The molecule has 0 radical (unpaired) electrons. The molecule has 1 amide bonds. The highest BCUT2D eigenvalue weighted by Crippen LogP contribution is 2.19. The number of nitrogens with zero attached hydrogens (tertiary/aromatic N) is 1. The second-order valence-corrected chi connectivity index (χ2v) is 4.68. The number of amides is 1. The first-order chi connectivity index (χ1) is 9.50. The zero-order valence-corrected chi connectivity index (χ0v) is 11.2. The molecule has 1 fully saturated rings. The van der Waals surface area contributed by atoms with Gasteiger partial charge < -0.3 is 4.74 Å². The van der Waals surface area contributed by atoms with E-state index in [0.717, 1.165) is 10.5 Å². The Kier molecular flexibility index (Phi) is 3.98. The van der Waals surface area contributed by atoms with E-state index in [9.17, 15) is 14.4 Å². The fraction of sp³-hybridized carbons (Fsp3) is 0.267. The van der Waals surface area contributed by atoms with E-state index in [1.165, 1.54) is 6.92 Å². The molecule has 1 aromatic rings. The lowest BCUT2D eigenvalue weighted by Gasteiger charge is -2.36. The summed E-state index contributed by atoms with van der Waals surface area (Å²) in [6.45, 7) is 5.04. The summed E-state index contributed by atoms with van der Waals surface area (Å²) in [6, 6.07) is 8.13. The number of rotatable bonds is 4. The average molecular weight is 273 g/mol. The van der Waals surface area contributed by atoms with Crippen LogP contribution >= 0.6 is 0 Å². The standard InChI is InChI=1S/C15H15NO4/c1-10(2)14(18)13-12(17)8-16(13)15(19)20-9-11-6-4-3-5-7-11/h3-7,13H,1,8-9H2,2H3. The third-order valence-electron chi connectivity index (χ3n) is 3.05. The summed E-state index contributed by atoms with van der Waals surface area (Å²) < 4.78 is 5.09. The van der Waals surface area contributed by atoms with Gasteiger partial charge in [-0.1, -0.05) is 36.9 Å². The van der Waals surface area contributed by atoms with Crippen LogP contribution in [-0.2, 0) is 20.9 Å². The minimum atomic E-state index is -1.06. The minimum absolute atomic E-state index is 0.0860. The van der Waals surface area contributed by atoms with Crippen molar-refractivity contribution >= 4 is 17.7 Å². The molecule has 0 aromatic heterocycles. The first-order valence-electron chi connectivity index (χ1n) is 6.20. The van der Waals surface area contributed by atoms with Crippen LogP contribution in [-0.4, -0.2) is 35.1 Å². The SMILES string of the molecule is C=C(C)C(=O)C1C(=O)CN1C(=O)OCc1ccccc1. The predicted molar refractivity (Wildman–Crippen MR) is 71.9 cm³/mol. The van der Waals surface area contributed by atoms with Crippen LogP contribution in [0, 0.1) is 0 Å². The maximum atomic E-state index is 11.9. The molecule has 0 aliphatic carbocycles. The quantitative estimate of drug-likeness (QED) is 0.619. The maximum absolute atomic E-state index is 11.9. The lowest BCUT2D eigenvalue weighted by atomic mass is 9.94. The van der Waals surface area contributed by atoms with E-state index in [4.69, 9.17) is 4.74 Å². The maximum Gasteiger partial charge on any atom is 0.411 e. The Labute approximate surface area is 116 Å². The zero-order chi connectivity index (χ0) is 14.7. The van der Waals surface area contributed by atoms with Crippen LogP contribution in [0.2, 0.25) is 0 Å². The van der Waals surface area contributed by atoms with Crippen LogP contribution in [0.3, 0.4) is 0 Å². The largest absolute Gasteiger partial charge is 0.445 e. The number of Topliss-reactive ketones (excluding diaryl/α,β-unsaturated/α-hetero) is 2. The van der Waals surface area contributed by atoms with Gasteiger partial charge in [-0.15, -0.1) is 0 Å². The molecule has 104 valence electrons. The molecule has 0 spiro atoms. The lowest BCUT2D eigenvalue weighted by molar-refractivity contribution is -0.141. The van der Waals surface area contributed by atoms with Crippen molar-refractivity contribution in [2.24, 2.45) is 0 Å². The van der Waals surface area contributed by atoms with Crippen molar-refractivity contribution in [3.63, 3.8) is 0 Å². The van der Waals surface area contributed by atoms with Gasteiger partial charge in [0, 0.05) is 0 Å². The highest BCUT2D eigenvalue weighted by Gasteiger charge is 2.46. The molecule has 1 atom stereocenters. The zero-order valence-electron chi connectivity index (χ0n) is 11.2. The third kappa shape index (κ3) is 2.77. The van der Waals surface area contributed by atoms with E-state index < -0.39 is 17.9 Å². The van der Waals surface area contributed by atoms with Gasteiger partial charge in [0.05, 0.1) is 6.54 Å². The van der Waals surface area contributed by atoms with Crippen LogP contribution in [0.5, 0.6) is 0 Å². The Morgan fingerprint density at radius 3 is 2.55 bits per heavy atom. The number of carbonyl (C=O) groups is 3. The smallest absolute Gasteiger partial charge is 0.411 e. The Morgan fingerprint density at radius 2 is 2.00 bits per heavy atom. The molecular formula is C15H15NO4. The molecule has 0 saturated carbocycles. The van der Waals surface area contributed by atoms with Crippen LogP contribution in [0.4, 0.5) is 4.79 Å². The van der Waals surface area contributed by atoms with Crippen molar-refractivity contribution in [2.45, 2.75) is 19.6 Å². The highest BCUT2D eigenvalue weighted by molar-refractivity contribution is 6.19. The molecule has 1 unspecified atom stereocenters. The van der Waals surface area contributed by atoms with E-state index in [1.54, 1.807) is 0 Å². The summed E-state index contributed by atoms with van der Waals surface area (Å²) in [5.74, 6) is -0.715. The Bertz CT molecular complexity index is 564. The van der Waals surface area contributed by atoms with Gasteiger partial charge in [0.2, 0.25) is 0 Å². The molecule has 0 bridgehead atoms. The number of ether oxygens (including phenoxy) is 1. The monoisotopic (exact) mass is 273 g/mol. The number of benzene rings is 1. The second-order valence-electron chi connectivity index (χ2n) is 4.68. The summed E-state index contributed by atoms with van der Waals surface area (Å²) >= 11 is 0. The van der Waals surface area contributed by atoms with E-state index in [2.05, 4.69) is 6.58 Å². The van der Waals surface area contributed by atoms with Crippen LogP contribution in [0.15, 0.2) is 42.5 Å². The summed E-state index contributed by atoms with van der Waals surface area (Å²) in [5.41, 5.74) is 1.10. The van der Waals surface area contributed by atoms with Gasteiger partial charge in [-0.05, 0) is 18.1 Å². The third-order valence-corrected chi connectivity index (χ3v) is 3.05. The van der Waals surface area contributed by atoms with E-state index in [0.29, 0.717) is 0 Å². The topological polar surface area (TPSA) is 63.7 Å². The van der Waals surface area contributed by atoms with Gasteiger partial charge in [-0.2, -0.15) is 0 Å². The van der Waals surface area contributed by atoms with Gasteiger partial charge in [-0.3, -0.25) is 14.5 Å². The Hall–Kier alpha value is -2.43. The van der Waals surface area contributed by atoms with Crippen molar-refractivity contribution in [2.75, 3.05) is 6.54 Å². The van der Waals surface area contributed by atoms with Crippen molar-refractivity contribution in [3.05, 3.63) is 48.0 Å². The summed E-state index contributed by atoms with van der Waals surface area (Å²) in [5, 5.41) is 0. The number of likely N-dealkylation sites (tertiary alicyclic amines) is 1. The molecule has 1 aliphatic rings. The number of hydrogen-bond acceptors (Lipinski definition) is 4. The van der Waals surface area contributed by atoms with Gasteiger partial charge >= 0.3 is 6.09 Å². The molecular weight excluding hydrogens is 258 g/mol. The number of hydrogen-bond donors (Lipinski definition) is 0. The fourth-order valence-electron chi connectivity index (χ4n) is 1.90. The molecule has 1 aliphatic heterocycles. The predicted octanol–water partition coefficient (Wildman–Crippen LogP) is 1.72. The normalized spacial score (nSPS) is 17.4. The van der Waals surface area contributed by atoms with Gasteiger partial charge in [0.1, 0.15) is 6.61 Å². The van der Waals surface area contributed by atoms with Gasteiger partial charge in [0.15, 0.2) is 17.6 Å². The Morgan fingerprint density at radius 1 is 1.35 bits per heavy atom.